The molecule has 19 heavy (non-hydrogen) atoms. The van der Waals surface area contributed by atoms with Crippen LogP contribution in [-0.2, 0) is 6.42 Å². The monoisotopic (exact) mass is 276 g/mol. The molecule has 0 fully saturated rings. The van der Waals surface area contributed by atoms with Crippen molar-refractivity contribution in [3.05, 3.63) is 45.4 Å². The summed E-state index contributed by atoms with van der Waals surface area (Å²) in [6.07, 6.45) is 0.785. The molecule has 0 saturated carbocycles. The molecule has 0 aliphatic heterocycles. The van der Waals surface area contributed by atoms with E-state index in [-0.39, 0.29) is 6.04 Å². The Morgan fingerprint density at radius 1 is 1.26 bits per heavy atom. The predicted molar refractivity (Wildman–Crippen MR) is 79.8 cm³/mol. The van der Waals surface area contributed by atoms with Gasteiger partial charge in [-0.05, 0) is 38.5 Å². The summed E-state index contributed by atoms with van der Waals surface area (Å²) < 4.78 is 5.43. The van der Waals surface area contributed by atoms with Crippen LogP contribution < -0.4 is 10.5 Å². The maximum atomic E-state index is 6.24. The molecular weight excluding hydrogens is 256 g/mol. The molecule has 1 aromatic heterocycles. The van der Waals surface area contributed by atoms with E-state index in [9.17, 15) is 0 Å². The molecule has 0 radical (unpaired) electrons. The van der Waals surface area contributed by atoms with Crippen molar-refractivity contribution in [2.45, 2.75) is 33.2 Å². The Morgan fingerprint density at radius 3 is 2.47 bits per heavy atom. The minimum atomic E-state index is -0.0133. The first-order chi connectivity index (χ1) is 9.10. The van der Waals surface area contributed by atoms with Gasteiger partial charge in [0.15, 0.2) is 0 Å². The molecule has 2 N–H and O–H groups in total. The van der Waals surface area contributed by atoms with E-state index >= 15 is 0 Å². The molecule has 1 heterocycles. The van der Waals surface area contributed by atoms with E-state index in [1.165, 1.54) is 4.88 Å². The number of aryl methyl sites for hydroxylation is 2. The molecule has 0 aliphatic carbocycles. The van der Waals surface area contributed by atoms with Crippen LogP contribution in [-0.4, -0.2) is 11.6 Å². The van der Waals surface area contributed by atoms with Gasteiger partial charge in [-0.3, -0.25) is 0 Å². The van der Waals surface area contributed by atoms with Crippen molar-refractivity contribution >= 4 is 11.3 Å². The summed E-state index contributed by atoms with van der Waals surface area (Å²) in [7, 11) is 0. The van der Waals surface area contributed by atoms with E-state index in [1.54, 1.807) is 11.3 Å². The average molecular weight is 276 g/mol. The number of benzene rings is 1. The SMILES string of the molecule is CCOc1ccc(C(N)Cc2nc(C)c(C)s2)cc1. The van der Waals surface area contributed by atoms with Crippen LogP contribution >= 0.6 is 11.3 Å². The van der Waals surface area contributed by atoms with Crippen LogP contribution in [0.5, 0.6) is 5.75 Å². The third-order valence-electron chi connectivity index (χ3n) is 3.09. The zero-order chi connectivity index (χ0) is 13.8. The summed E-state index contributed by atoms with van der Waals surface area (Å²) in [6, 6.07) is 7.99. The van der Waals surface area contributed by atoms with Crippen molar-refractivity contribution in [1.82, 2.24) is 4.98 Å². The second-order valence-electron chi connectivity index (χ2n) is 4.56. The topological polar surface area (TPSA) is 48.1 Å². The van der Waals surface area contributed by atoms with Gasteiger partial charge in [-0.15, -0.1) is 11.3 Å². The number of rotatable bonds is 5. The van der Waals surface area contributed by atoms with Crippen LogP contribution in [0.2, 0.25) is 0 Å². The highest BCUT2D eigenvalue weighted by atomic mass is 32.1. The average Bonchev–Trinajstić information content (AvgIpc) is 2.69. The van der Waals surface area contributed by atoms with Gasteiger partial charge in [0.2, 0.25) is 0 Å². The largest absolute Gasteiger partial charge is 0.494 e. The molecular formula is C15H20N2OS. The van der Waals surface area contributed by atoms with Crippen molar-refractivity contribution in [2.24, 2.45) is 5.73 Å². The Bertz CT molecular complexity index is 514. The zero-order valence-electron chi connectivity index (χ0n) is 11.6. The third kappa shape index (κ3) is 3.55. The molecule has 0 amide bonds. The van der Waals surface area contributed by atoms with Crippen molar-refractivity contribution in [2.75, 3.05) is 6.61 Å². The van der Waals surface area contributed by atoms with Gasteiger partial charge in [0.25, 0.3) is 0 Å². The van der Waals surface area contributed by atoms with Crippen molar-refractivity contribution in [1.29, 1.82) is 0 Å². The number of thiazole rings is 1. The molecule has 0 aliphatic rings. The smallest absolute Gasteiger partial charge is 0.119 e. The Kier molecular flexibility index (Phi) is 4.56. The fourth-order valence-corrected chi connectivity index (χ4v) is 2.90. The third-order valence-corrected chi connectivity index (χ3v) is 4.18. The number of hydrogen-bond donors (Lipinski definition) is 1. The van der Waals surface area contributed by atoms with E-state index < -0.39 is 0 Å². The van der Waals surface area contributed by atoms with Gasteiger partial charge in [0.05, 0.1) is 17.3 Å². The van der Waals surface area contributed by atoms with E-state index in [2.05, 4.69) is 11.9 Å². The second kappa shape index (κ2) is 6.17. The van der Waals surface area contributed by atoms with Crippen LogP contribution in [0, 0.1) is 13.8 Å². The minimum Gasteiger partial charge on any atom is -0.494 e. The van der Waals surface area contributed by atoms with Crippen LogP contribution in [0.4, 0.5) is 0 Å². The summed E-state index contributed by atoms with van der Waals surface area (Å²) in [5.41, 5.74) is 8.47. The van der Waals surface area contributed by atoms with Gasteiger partial charge in [-0.25, -0.2) is 4.98 Å². The normalized spacial score (nSPS) is 12.4. The Balaban J connectivity index is 2.04. The maximum absolute atomic E-state index is 6.24. The molecule has 1 unspecified atom stereocenters. The van der Waals surface area contributed by atoms with Gasteiger partial charge < -0.3 is 10.5 Å². The molecule has 0 spiro atoms. The number of nitrogens with two attached hydrogens (primary N) is 1. The second-order valence-corrected chi connectivity index (χ2v) is 5.85. The summed E-state index contributed by atoms with van der Waals surface area (Å²) in [5.74, 6) is 0.888. The van der Waals surface area contributed by atoms with Gasteiger partial charge >= 0.3 is 0 Å². The number of nitrogens with zero attached hydrogens (tertiary/aromatic N) is 1. The number of ether oxygens (including phenoxy) is 1. The Morgan fingerprint density at radius 2 is 1.95 bits per heavy atom. The summed E-state index contributed by atoms with van der Waals surface area (Å²) in [6.45, 7) is 6.80. The van der Waals surface area contributed by atoms with Crippen molar-refractivity contribution < 1.29 is 4.74 Å². The predicted octanol–water partition coefficient (Wildman–Crippen LogP) is 3.40. The van der Waals surface area contributed by atoms with Gasteiger partial charge in [0, 0.05) is 17.3 Å². The first-order valence-electron chi connectivity index (χ1n) is 6.51. The molecule has 0 saturated heterocycles. The van der Waals surface area contributed by atoms with Gasteiger partial charge in [-0.1, -0.05) is 12.1 Å². The summed E-state index contributed by atoms with van der Waals surface area (Å²) >= 11 is 1.73. The number of hydrogen-bond acceptors (Lipinski definition) is 4. The molecule has 1 atom stereocenters. The molecule has 3 nitrogen and oxygen atoms in total. The Labute approximate surface area is 118 Å². The van der Waals surface area contributed by atoms with E-state index in [4.69, 9.17) is 10.5 Å². The van der Waals surface area contributed by atoms with Crippen molar-refractivity contribution in [3.8, 4) is 5.75 Å². The van der Waals surface area contributed by atoms with Crippen LogP contribution in [0.25, 0.3) is 0 Å². The van der Waals surface area contributed by atoms with E-state index in [0.717, 1.165) is 28.4 Å². The van der Waals surface area contributed by atoms with Crippen LogP contribution in [0.3, 0.4) is 0 Å². The highest BCUT2D eigenvalue weighted by molar-refractivity contribution is 7.11. The first kappa shape index (κ1) is 14.0. The lowest BCUT2D eigenvalue weighted by Crippen LogP contribution is -2.13. The van der Waals surface area contributed by atoms with Crippen LogP contribution in [0.1, 0.15) is 34.1 Å². The van der Waals surface area contributed by atoms with E-state index in [1.807, 2.05) is 38.1 Å². The summed E-state index contributed by atoms with van der Waals surface area (Å²) in [4.78, 5) is 5.81. The highest BCUT2D eigenvalue weighted by Gasteiger charge is 2.11. The first-order valence-corrected chi connectivity index (χ1v) is 7.33. The molecule has 0 bridgehead atoms. The molecule has 2 aromatic rings. The molecule has 102 valence electrons. The zero-order valence-corrected chi connectivity index (χ0v) is 12.5. The molecule has 2 rings (SSSR count). The fraction of sp³-hybridized carbons (Fsp3) is 0.400. The fourth-order valence-electron chi connectivity index (χ4n) is 1.91. The Hall–Kier alpha value is -1.39. The van der Waals surface area contributed by atoms with Gasteiger partial charge in [0.1, 0.15) is 5.75 Å². The lowest BCUT2D eigenvalue weighted by atomic mass is 10.1. The van der Waals surface area contributed by atoms with Gasteiger partial charge in [-0.2, -0.15) is 0 Å². The van der Waals surface area contributed by atoms with Crippen molar-refractivity contribution in [3.63, 3.8) is 0 Å². The highest BCUT2D eigenvalue weighted by Crippen LogP contribution is 2.23. The summed E-state index contributed by atoms with van der Waals surface area (Å²) in [5, 5.41) is 1.11. The van der Waals surface area contributed by atoms with Crippen LogP contribution in [0.15, 0.2) is 24.3 Å². The quantitative estimate of drug-likeness (QED) is 0.910. The molecule has 1 aromatic carbocycles. The minimum absolute atomic E-state index is 0.0133. The lowest BCUT2D eigenvalue weighted by Gasteiger charge is -2.11. The number of aromatic nitrogens is 1. The maximum Gasteiger partial charge on any atom is 0.119 e. The van der Waals surface area contributed by atoms with E-state index in [0.29, 0.717) is 6.61 Å². The molecule has 4 heteroatoms. The standard InChI is InChI=1S/C15H20N2OS/c1-4-18-13-7-5-12(6-8-13)14(16)9-15-17-10(2)11(3)19-15/h5-8,14H,4,9,16H2,1-3H3. The lowest BCUT2D eigenvalue weighted by molar-refractivity contribution is 0.340.